The summed E-state index contributed by atoms with van der Waals surface area (Å²) in [6, 6.07) is 0. The largest absolute Gasteiger partial charge is 0.393 e. The normalized spacial score (nSPS) is 34.8. The van der Waals surface area contributed by atoms with Crippen molar-refractivity contribution in [2.24, 2.45) is 0 Å². The van der Waals surface area contributed by atoms with Crippen molar-refractivity contribution in [2.45, 2.75) is 23.9 Å². The number of aliphatic hydroxyl groups is 2. The third kappa shape index (κ3) is 1.33. The summed E-state index contributed by atoms with van der Waals surface area (Å²) in [5.74, 6) is -1.37. The molecule has 1 saturated carbocycles. The fourth-order valence-corrected chi connectivity index (χ4v) is 2.78. The molecule has 0 bridgehead atoms. The van der Waals surface area contributed by atoms with E-state index < -0.39 is 41.4 Å². The molecular formula is C12H12FN3O4. The zero-order chi connectivity index (χ0) is 14.7. The Hall–Kier alpha value is -1.99. The number of aromatic nitrogens is 2. The highest BCUT2D eigenvalue weighted by atomic mass is 19.1. The number of hydrogen-bond donors (Lipinski definition) is 3. The number of anilines is 1. The van der Waals surface area contributed by atoms with Crippen molar-refractivity contribution in [2.75, 3.05) is 12.3 Å². The Kier molecular flexibility index (Phi) is 2.45. The number of rotatable bonds is 2. The minimum absolute atomic E-state index is 0.0314. The number of hydrogen-bond acceptors (Lipinski definition) is 6. The molecule has 1 aromatic rings. The van der Waals surface area contributed by atoms with Crippen LogP contribution in [-0.2, 0) is 4.74 Å². The molecule has 3 rings (SSSR count). The van der Waals surface area contributed by atoms with E-state index in [4.69, 9.17) is 10.5 Å². The summed E-state index contributed by atoms with van der Waals surface area (Å²) in [5.41, 5.74) is 4.49. The van der Waals surface area contributed by atoms with Gasteiger partial charge in [-0.15, -0.1) is 5.73 Å². The molecule has 0 radical (unpaired) electrons. The smallest absolute Gasteiger partial charge is 0.351 e. The number of nitrogens with two attached hydrogens (primary N) is 1. The van der Waals surface area contributed by atoms with Crippen LogP contribution >= 0.6 is 0 Å². The van der Waals surface area contributed by atoms with Crippen LogP contribution in [0.1, 0.15) is 12.6 Å². The lowest BCUT2D eigenvalue weighted by Gasteiger charge is -2.18. The van der Waals surface area contributed by atoms with Gasteiger partial charge in [-0.1, -0.05) is 6.58 Å². The molecule has 0 spiro atoms. The van der Waals surface area contributed by atoms with Crippen molar-refractivity contribution in [1.29, 1.82) is 0 Å². The molecule has 1 aromatic heterocycles. The first-order valence-corrected chi connectivity index (χ1v) is 5.86. The van der Waals surface area contributed by atoms with Crippen LogP contribution in [0.4, 0.5) is 10.2 Å². The molecule has 0 unspecified atom stereocenters. The zero-order valence-corrected chi connectivity index (χ0v) is 10.3. The fraction of sp³-hybridized carbons (Fsp3) is 0.417. The predicted octanol–water partition coefficient (Wildman–Crippen LogP) is -0.929. The summed E-state index contributed by atoms with van der Waals surface area (Å²) in [6.07, 6.45) is -0.110. The van der Waals surface area contributed by atoms with Crippen LogP contribution in [0.2, 0.25) is 0 Å². The lowest BCUT2D eigenvalue weighted by molar-refractivity contribution is -0.0600. The molecule has 3 atom stereocenters. The highest BCUT2D eigenvalue weighted by Gasteiger charge is 2.79. The molecule has 2 aliphatic rings. The van der Waals surface area contributed by atoms with Gasteiger partial charge in [0.2, 0.25) is 0 Å². The molecule has 1 saturated heterocycles. The zero-order valence-electron chi connectivity index (χ0n) is 10.3. The molecule has 0 aromatic carbocycles. The lowest BCUT2D eigenvalue weighted by Crippen LogP contribution is -2.31. The van der Waals surface area contributed by atoms with Gasteiger partial charge in [0.1, 0.15) is 11.8 Å². The van der Waals surface area contributed by atoms with E-state index in [0.29, 0.717) is 5.57 Å². The summed E-state index contributed by atoms with van der Waals surface area (Å²) in [7, 11) is 0. The monoisotopic (exact) mass is 281 g/mol. The third-order valence-electron chi connectivity index (χ3n) is 3.87. The van der Waals surface area contributed by atoms with Crippen molar-refractivity contribution in [1.82, 2.24) is 9.55 Å². The van der Waals surface area contributed by atoms with Crippen LogP contribution in [0.15, 0.2) is 28.9 Å². The van der Waals surface area contributed by atoms with E-state index in [1.807, 2.05) is 0 Å². The minimum atomic E-state index is -1.44. The summed E-state index contributed by atoms with van der Waals surface area (Å²) in [4.78, 5) is 15.0. The first kappa shape index (κ1) is 13.0. The van der Waals surface area contributed by atoms with E-state index in [1.165, 1.54) is 0 Å². The van der Waals surface area contributed by atoms with Gasteiger partial charge in [0.25, 0.3) is 0 Å². The van der Waals surface area contributed by atoms with Crippen molar-refractivity contribution in [3.05, 3.63) is 40.4 Å². The van der Waals surface area contributed by atoms with Gasteiger partial charge in [-0.05, 0) is 0 Å². The molecule has 106 valence electrons. The highest BCUT2D eigenvalue weighted by molar-refractivity contribution is 5.54. The Morgan fingerprint density at radius 1 is 1.75 bits per heavy atom. The van der Waals surface area contributed by atoms with Gasteiger partial charge >= 0.3 is 5.69 Å². The molecule has 1 aliphatic carbocycles. The number of aliphatic hydroxyl groups excluding tert-OH is 1. The Balaban J connectivity index is 2.00. The average molecular weight is 281 g/mol. The van der Waals surface area contributed by atoms with E-state index in [-0.39, 0.29) is 6.42 Å². The molecule has 0 amide bonds. The maximum Gasteiger partial charge on any atom is 0.351 e. The van der Waals surface area contributed by atoms with Gasteiger partial charge in [-0.25, -0.2) is 9.18 Å². The summed E-state index contributed by atoms with van der Waals surface area (Å²) < 4.78 is 19.8. The van der Waals surface area contributed by atoms with Crippen molar-refractivity contribution in [3.63, 3.8) is 0 Å². The van der Waals surface area contributed by atoms with E-state index >= 15 is 0 Å². The second kappa shape index (κ2) is 3.77. The maximum atomic E-state index is 13.4. The van der Waals surface area contributed by atoms with Crippen LogP contribution in [-0.4, -0.2) is 37.6 Å². The molecule has 20 heavy (non-hydrogen) atoms. The van der Waals surface area contributed by atoms with Crippen LogP contribution < -0.4 is 11.4 Å². The third-order valence-corrected chi connectivity index (χ3v) is 3.87. The quantitative estimate of drug-likeness (QED) is 0.604. The minimum Gasteiger partial charge on any atom is -0.393 e. The Morgan fingerprint density at radius 3 is 3.00 bits per heavy atom. The Morgan fingerprint density at radius 2 is 2.45 bits per heavy atom. The first-order chi connectivity index (χ1) is 9.39. The average Bonchev–Trinajstić information content (AvgIpc) is 2.74. The Bertz CT molecular complexity index is 711. The maximum absolute atomic E-state index is 13.4. The number of halogens is 1. The predicted molar refractivity (Wildman–Crippen MR) is 65.0 cm³/mol. The van der Waals surface area contributed by atoms with E-state index in [9.17, 15) is 19.4 Å². The van der Waals surface area contributed by atoms with E-state index in [2.05, 4.69) is 17.3 Å². The molecule has 8 heteroatoms. The first-order valence-electron chi connectivity index (χ1n) is 5.86. The van der Waals surface area contributed by atoms with E-state index in [1.54, 1.807) is 0 Å². The van der Waals surface area contributed by atoms with Gasteiger partial charge in [0.15, 0.2) is 17.2 Å². The molecule has 1 aliphatic heterocycles. The van der Waals surface area contributed by atoms with Crippen molar-refractivity contribution < 1.29 is 19.3 Å². The fourth-order valence-electron chi connectivity index (χ4n) is 2.78. The number of nitrogen functional groups attached to an aromatic ring is 1. The van der Waals surface area contributed by atoms with Crippen molar-refractivity contribution >= 4 is 5.82 Å². The van der Waals surface area contributed by atoms with Crippen molar-refractivity contribution in [3.8, 4) is 0 Å². The Labute approximate surface area is 112 Å². The van der Waals surface area contributed by atoms with Gasteiger partial charge in [0, 0.05) is 12.0 Å². The molecule has 4 N–H and O–H groups in total. The summed E-state index contributed by atoms with van der Waals surface area (Å²) >= 11 is 0. The SMILES string of the molecule is C=C=C1[C@]2(O)C[C@H](n3cc(F)c(N)nc3=O)O[C@@]12CO. The topological polar surface area (TPSA) is 111 Å². The van der Waals surface area contributed by atoms with Gasteiger partial charge in [-0.2, -0.15) is 4.98 Å². The second-order valence-corrected chi connectivity index (χ2v) is 4.84. The van der Waals surface area contributed by atoms with E-state index in [0.717, 1.165) is 10.8 Å². The summed E-state index contributed by atoms with van der Waals surface area (Å²) in [6.45, 7) is 2.93. The standard InChI is InChI=1S/C12H12FN3O4/c1-2-7-11(19)3-8(20-12(7,11)5-17)16-4-6(13)9(14)15-10(16)18/h4,8,17,19H,1,3,5H2,(H2,14,15,18)/t8-,11-,12+/m1/s1. The molecule has 7 nitrogen and oxygen atoms in total. The highest BCUT2D eigenvalue weighted by Crippen LogP contribution is 2.65. The molecule has 2 heterocycles. The van der Waals surface area contributed by atoms with Gasteiger partial charge < -0.3 is 20.7 Å². The number of fused-ring (bicyclic) bond motifs is 1. The summed E-state index contributed by atoms with van der Waals surface area (Å²) in [5, 5.41) is 19.7. The molecule has 2 fully saturated rings. The molecular weight excluding hydrogens is 269 g/mol. The second-order valence-electron chi connectivity index (χ2n) is 4.84. The lowest BCUT2D eigenvalue weighted by atomic mass is 10.2. The van der Waals surface area contributed by atoms with Gasteiger partial charge in [-0.3, -0.25) is 4.57 Å². The number of ether oxygens (including phenoxy) is 1. The van der Waals surface area contributed by atoms with Crippen LogP contribution in [0.5, 0.6) is 0 Å². The van der Waals surface area contributed by atoms with Crippen LogP contribution in [0.3, 0.4) is 0 Å². The van der Waals surface area contributed by atoms with Crippen LogP contribution in [0.25, 0.3) is 0 Å². The number of nitrogens with zero attached hydrogens (tertiary/aromatic N) is 2. The van der Waals surface area contributed by atoms with Crippen LogP contribution in [0, 0.1) is 5.82 Å². The van der Waals surface area contributed by atoms with Gasteiger partial charge in [0.05, 0.1) is 12.8 Å².